The lowest BCUT2D eigenvalue weighted by molar-refractivity contribution is -0.384. The number of nitro groups is 1. The van der Waals surface area contributed by atoms with Crippen LogP contribution in [0.3, 0.4) is 0 Å². The van der Waals surface area contributed by atoms with Crippen LogP contribution in [0.2, 0.25) is 5.02 Å². The van der Waals surface area contributed by atoms with E-state index in [9.17, 15) is 19.3 Å². The number of non-ortho nitro benzene ring substituents is 1. The van der Waals surface area contributed by atoms with Crippen molar-refractivity contribution >= 4 is 34.6 Å². The summed E-state index contributed by atoms with van der Waals surface area (Å²) in [5, 5.41) is 13.2. The molecule has 0 spiro atoms. The summed E-state index contributed by atoms with van der Waals surface area (Å²) in [5.41, 5.74) is 5.39. The van der Waals surface area contributed by atoms with E-state index in [1.54, 1.807) is 0 Å². The molecule has 0 aliphatic heterocycles. The van der Waals surface area contributed by atoms with E-state index >= 15 is 0 Å². The normalized spacial score (nSPS) is 10.2. The van der Waals surface area contributed by atoms with Crippen molar-refractivity contribution in [3.63, 3.8) is 0 Å². The van der Waals surface area contributed by atoms with Crippen molar-refractivity contribution in [1.82, 2.24) is 0 Å². The van der Waals surface area contributed by atoms with E-state index in [0.717, 1.165) is 18.2 Å². The number of nitro benzene ring substituents is 1. The molecule has 108 valence electrons. The molecule has 2 rings (SSSR count). The number of hydrogen-bond donors (Lipinski definition) is 2. The molecule has 21 heavy (non-hydrogen) atoms. The Morgan fingerprint density at radius 3 is 2.67 bits per heavy atom. The first kappa shape index (κ1) is 14.7. The molecule has 0 saturated carbocycles. The van der Waals surface area contributed by atoms with E-state index in [4.69, 9.17) is 17.3 Å². The topological polar surface area (TPSA) is 98.3 Å². The monoisotopic (exact) mass is 309 g/mol. The summed E-state index contributed by atoms with van der Waals surface area (Å²) in [6.45, 7) is 0. The van der Waals surface area contributed by atoms with Gasteiger partial charge in [0, 0.05) is 17.8 Å². The van der Waals surface area contributed by atoms with Crippen LogP contribution in [0.25, 0.3) is 0 Å². The number of nitrogens with one attached hydrogen (secondary N) is 1. The van der Waals surface area contributed by atoms with Gasteiger partial charge in [-0.15, -0.1) is 0 Å². The van der Waals surface area contributed by atoms with E-state index in [-0.39, 0.29) is 27.6 Å². The van der Waals surface area contributed by atoms with Crippen molar-refractivity contribution < 1.29 is 14.1 Å². The summed E-state index contributed by atoms with van der Waals surface area (Å²) in [6.07, 6.45) is 0. The zero-order valence-electron chi connectivity index (χ0n) is 10.5. The number of nitrogens with zero attached hydrogens (tertiary/aromatic N) is 1. The molecule has 1 amide bonds. The molecule has 0 aliphatic carbocycles. The number of nitrogens with two attached hydrogens (primary N) is 1. The third-order valence-corrected chi connectivity index (χ3v) is 3.00. The van der Waals surface area contributed by atoms with E-state index in [1.165, 1.54) is 18.2 Å². The fourth-order valence-electron chi connectivity index (χ4n) is 1.64. The van der Waals surface area contributed by atoms with Gasteiger partial charge in [0.05, 0.1) is 21.2 Å². The molecular weight excluding hydrogens is 301 g/mol. The molecule has 0 aromatic heterocycles. The van der Waals surface area contributed by atoms with E-state index in [0.29, 0.717) is 0 Å². The largest absolute Gasteiger partial charge is 0.398 e. The van der Waals surface area contributed by atoms with Gasteiger partial charge in [-0.3, -0.25) is 14.9 Å². The molecule has 2 aromatic rings. The molecule has 2 aromatic carbocycles. The first-order valence-corrected chi connectivity index (χ1v) is 6.06. The highest BCUT2D eigenvalue weighted by atomic mass is 35.5. The number of hydrogen-bond acceptors (Lipinski definition) is 4. The number of rotatable bonds is 3. The minimum Gasteiger partial charge on any atom is -0.398 e. The Hall–Kier alpha value is -2.67. The Balaban J connectivity index is 2.33. The molecule has 3 N–H and O–H groups in total. The fourth-order valence-corrected chi connectivity index (χ4v) is 1.80. The zero-order chi connectivity index (χ0) is 15.6. The van der Waals surface area contributed by atoms with Crippen molar-refractivity contribution in [2.45, 2.75) is 0 Å². The highest BCUT2D eigenvalue weighted by molar-refractivity contribution is 6.34. The maximum Gasteiger partial charge on any atom is 0.271 e. The number of benzene rings is 2. The van der Waals surface area contributed by atoms with Crippen LogP contribution in [0, 0.1) is 15.9 Å². The quantitative estimate of drug-likeness (QED) is 0.516. The highest BCUT2D eigenvalue weighted by Crippen LogP contribution is 2.27. The molecule has 0 fully saturated rings. The lowest BCUT2D eigenvalue weighted by Crippen LogP contribution is -2.14. The minimum absolute atomic E-state index is 0.0412. The molecule has 0 heterocycles. The molecular formula is C13H9ClFN3O3. The standard InChI is InChI=1S/C13H9ClFN3O3/c14-10-3-2-8(18(20)21)6-12(10)17-13(19)9-5-7(15)1-4-11(9)16/h1-6H,16H2,(H,17,19). The first-order chi connectivity index (χ1) is 9.88. The number of nitrogen functional groups attached to an aromatic ring is 1. The number of halogens is 2. The van der Waals surface area contributed by atoms with Gasteiger partial charge in [-0.25, -0.2) is 4.39 Å². The van der Waals surface area contributed by atoms with Crippen molar-refractivity contribution in [2.24, 2.45) is 0 Å². The first-order valence-electron chi connectivity index (χ1n) is 5.69. The molecule has 0 bridgehead atoms. The Labute approximate surface area is 123 Å². The van der Waals surface area contributed by atoms with Gasteiger partial charge in [0.2, 0.25) is 0 Å². The van der Waals surface area contributed by atoms with E-state index < -0.39 is 16.6 Å². The Kier molecular flexibility index (Phi) is 4.04. The number of anilines is 2. The summed E-state index contributed by atoms with van der Waals surface area (Å²) < 4.78 is 13.1. The molecule has 8 heteroatoms. The van der Waals surface area contributed by atoms with Gasteiger partial charge in [0.15, 0.2) is 0 Å². The van der Waals surface area contributed by atoms with Crippen LogP contribution < -0.4 is 11.1 Å². The zero-order valence-corrected chi connectivity index (χ0v) is 11.2. The van der Waals surface area contributed by atoms with Crippen molar-refractivity contribution in [1.29, 1.82) is 0 Å². The van der Waals surface area contributed by atoms with Gasteiger partial charge >= 0.3 is 0 Å². The Morgan fingerprint density at radius 1 is 1.29 bits per heavy atom. The Morgan fingerprint density at radius 2 is 2.00 bits per heavy atom. The summed E-state index contributed by atoms with van der Waals surface area (Å²) in [6, 6.07) is 6.93. The lowest BCUT2D eigenvalue weighted by Gasteiger charge is -2.09. The predicted octanol–water partition coefficient (Wildman–Crippen LogP) is 3.22. The predicted molar refractivity (Wildman–Crippen MR) is 76.9 cm³/mol. The van der Waals surface area contributed by atoms with Gasteiger partial charge in [0.1, 0.15) is 5.82 Å². The van der Waals surface area contributed by atoms with Gasteiger partial charge in [-0.1, -0.05) is 11.6 Å². The van der Waals surface area contributed by atoms with Crippen LogP contribution in [0.15, 0.2) is 36.4 Å². The second-order valence-corrected chi connectivity index (χ2v) is 4.51. The molecule has 0 saturated heterocycles. The molecule has 6 nitrogen and oxygen atoms in total. The second-order valence-electron chi connectivity index (χ2n) is 4.11. The molecule has 0 aliphatic rings. The summed E-state index contributed by atoms with van der Waals surface area (Å²) in [5.74, 6) is -1.34. The van der Waals surface area contributed by atoms with Gasteiger partial charge < -0.3 is 11.1 Å². The van der Waals surface area contributed by atoms with Crippen LogP contribution >= 0.6 is 11.6 Å². The van der Waals surface area contributed by atoms with E-state index in [2.05, 4.69) is 5.32 Å². The molecule has 0 atom stereocenters. The Bertz CT molecular complexity index is 737. The maximum atomic E-state index is 13.1. The average Bonchev–Trinajstić information content (AvgIpc) is 2.43. The maximum absolute atomic E-state index is 13.1. The minimum atomic E-state index is -0.714. The van der Waals surface area contributed by atoms with E-state index in [1.807, 2.05) is 0 Å². The third-order valence-electron chi connectivity index (χ3n) is 2.67. The second kappa shape index (κ2) is 5.76. The fraction of sp³-hybridized carbons (Fsp3) is 0. The lowest BCUT2D eigenvalue weighted by atomic mass is 10.1. The highest BCUT2D eigenvalue weighted by Gasteiger charge is 2.15. The molecule has 0 radical (unpaired) electrons. The average molecular weight is 310 g/mol. The number of carbonyl (C=O) groups excluding carboxylic acids is 1. The smallest absolute Gasteiger partial charge is 0.271 e. The molecule has 0 unspecified atom stereocenters. The van der Waals surface area contributed by atoms with Crippen molar-refractivity contribution in [3.8, 4) is 0 Å². The SMILES string of the molecule is Nc1ccc(F)cc1C(=O)Nc1cc([N+](=O)[O-])ccc1Cl. The van der Waals surface area contributed by atoms with Crippen molar-refractivity contribution in [3.05, 3.63) is 62.9 Å². The van der Waals surface area contributed by atoms with Gasteiger partial charge in [-0.05, 0) is 24.3 Å². The summed E-state index contributed by atoms with van der Waals surface area (Å²) >= 11 is 5.86. The van der Waals surface area contributed by atoms with Crippen molar-refractivity contribution in [2.75, 3.05) is 11.1 Å². The van der Waals surface area contributed by atoms with Crippen LogP contribution in [0.5, 0.6) is 0 Å². The summed E-state index contributed by atoms with van der Waals surface area (Å²) in [7, 11) is 0. The van der Waals surface area contributed by atoms with Crippen LogP contribution in [0.4, 0.5) is 21.5 Å². The van der Waals surface area contributed by atoms with Crippen LogP contribution in [-0.4, -0.2) is 10.8 Å². The van der Waals surface area contributed by atoms with Gasteiger partial charge in [-0.2, -0.15) is 0 Å². The van der Waals surface area contributed by atoms with Crippen LogP contribution in [0.1, 0.15) is 10.4 Å². The van der Waals surface area contributed by atoms with Gasteiger partial charge in [0.25, 0.3) is 11.6 Å². The van der Waals surface area contributed by atoms with Crippen LogP contribution in [-0.2, 0) is 0 Å². The summed E-state index contributed by atoms with van der Waals surface area (Å²) in [4.78, 5) is 22.1. The third kappa shape index (κ3) is 3.26. The number of carbonyl (C=O) groups is 1. The number of amides is 1.